The van der Waals surface area contributed by atoms with Crippen LogP contribution in [0.2, 0.25) is 0 Å². The first-order valence-electron chi connectivity index (χ1n) is 11.1. The van der Waals surface area contributed by atoms with Gasteiger partial charge in [-0.3, -0.25) is 14.4 Å². The number of hydrogen-bond acceptors (Lipinski definition) is 6. The van der Waals surface area contributed by atoms with Gasteiger partial charge in [-0.25, -0.2) is 4.98 Å². The first-order valence-corrected chi connectivity index (χ1v) is 11.1. The average Bonchev–Trinajstić information content (AvgIpc) is 3.42. The fraction of sp³-hybridized carbons (Fsp3) is 0.111. The largest absolute Gasteiger partial charge is 0.496 e. The number of benzene rings is 3. The monoisotopic (exact) mass is 484 g/mol. The molecule has 0 atom stereocenters. The van der Waals surface area contributed by atoms with Crippen molar-refractivity contribution in [3.05, 3.63) is 96.0 Å². The smallest absolute Gasteiger partial charge is 0.314 e. The van der Waals surface area contributed by atoms with E-state index in [4.69, 9.17) is 9.15 Å². The van der Waals surface area contributed by atoms with Crippen LogP contribution >= 0.6 is 0 Å². The van der Waals surface area contributed by atoms with Crippen LogP contribution in [0, 0.1) is 6.92 Å². The molecule has 0 saturated carbocycles. The van der Waals surface area contributed by atoms with Gasteiger partial charge in [-0.1, -0.05) is 29.8 Å². The van der Waals surface area contributed by atoms with E-state index in [0.717, 1.165) is 11.1 Å². The van der Waals surface area contributed by atoms with Crippen molar-refractivity contribution in [1.29, 1.82) is 0 Å². The normalized spacial score (nSPS) is 10.4. The maximum Gasteiger partial charge on any atom is 0.314 e. The lowest BCUT2D eigenvalue weighted by molar-refractivity contribution is -0.132. The van der Waals surface area contributed by atoms with Gasteiger partial charge in [-0.2, -0.15) is 0 Å². The predicted octanol–water partition coefficient (Wildman–Crippen LogP) is 4.17. The Hall–Kier alpha value is -4.92. The standard InChI is InChI=1S/C27H24N4O5/c1-17-6-8-19(9-7-17)25(32)29-14-18-4-3-5-20(12-18)30-26(33)27(34)31-21-10-11-22(23(13-21)35-2)24-15-28-16-36-24/h3-13,15-16H,14H2,1-2H3,(H,29,32)(H,30,33)(H,31,34). The van der Waals surface area contributed by atoms with E-state index in [1.807, 2.05) is 25.1 Å². The van der Waals surface area contributed by atoms with Crippen molar-refractivity contribution in [2.24, 2.45) is 0 Å². The number of nitrogens with one attached hydrogen (secondary N) is 3. The van der Waals surface area contributed by atoms with Crippen molar-refractivity contribution in [2.45, 2.75) is 13.5 Å². The summed E-state index contributed by atoms with van der Waals surface area (Å²) in [5.74, 6) is -0.923. The van der Waals surface area contributed by atoms with E-state index in [2.05, 4.69) is 20.9 Å². The van der Waals surface area contributed by atoms with E-state index in [1.165, 1.54) is 13.5 Å². The molecule has 0 fully saturated rings. The molecule has 4 aromatic rings. The minimum absolute atomic E-state index is 0.200. The van der Waals surface area contributed by atoms with Crippen LogP contribution in [-0.4, -0.2) is 29.8 Å². The fourth-order valence-corrected chi connectivity index (χ4v) is 3.45. The number of carbonyl (C=O) groups is 3. The molecule has 1 aromatic heterocycles. The Balaban J connectivity index is 1.35. The number of nitrogens with zero attached hydrogens (tertiary/aromatic N) is 1. The number of hydrogen-bond donors (Lipinski definition) is 3. The number of aryl methyl sites for hydroxylation is 1. The van der Waals surface area contributed by atoms with Crippen molar-refractivity contribution in [1.82, 2.24) is 10.3 Å². The van der Waals surface area contributed by atoms with Gasteiger partial charge in [0.05, 0.1) is 18.9 Å². The van der Waals surface area contributed by atoms with E-state index in [1.54, 1.807) is 54.7 Å². The SMILES string of the molecule is COc1cc(NC(=O)C(=O)Nc2cccc(CNC(=O)c3ccc(C)cc3)c2)ccc1-c1cnco1. The van der Waals surface area contributed by atoms with Crippen molar-refractivity contribution in [3.8, 4) is 17.1 Å². The minimum atomic E-state index is -0.845. The molecule has 36 heavy (non-hydrogen) atoms. The third kappa shape index (κ3) is 5.95. The van der Waals surface area contributed by atoms with E-state index >= 15 is 0 Å². The first-order chi connectivity index (χ1) is 17.4. The van der Waals surface area contributed by atoms with Crippen molar-refractivity contribution in [3.63, 3.8) is 0 Å². The van der Waals surface area contributed by atoms with Crippen LogP contribution in [0.1, 0.15) is 21.5 Å². The lowest BCUT2D eigenvalue weighted by Gasteiger charge is -2.11. The molecular formula is C27H24N4O5. The van der Waals surface area contributed by atoms with E-state index in [9.17, 15) is 14.4 Å². The van der Waals surface area contributed by atoms with E-state index in [-0.39, 0.29) is 12.5 Å². The van der Waals surface area contributed by atoms with Gasteiger partial charge in [0, 0.05) is 29.5 Å². The molecule has 3 amide bonds. The minimum Gasteiger partial charge on any atom is -0.496 e. The number of methoxy groups -OCH3 is 1. The Bertz CT molecular complexity index is 1380. The van der Waals surface area contributed by atoms with Gasteiger partial charge in [0.1, 0.15) is 5.75 Å². The highest BCUT2D eigenvalue weighted by Crippen LogP contribution is 2.32. The molecule has 3 aromatic carbocycles. The zero-order valence-corrected chi connectivity index (χ0v) is 19.7. The Morgan fingerprint density at radius 3 is 2.31 bits per heavy atom. The van der Waals surface area contributed by atoms with Crippen molar-refractivity contribution >= 4 is 29.1 Å². The molecule has 0 aliphatic carbocycles. The molecule has 1 heterocycles. The summed E-state index contributed by atoms with van der Waals surface area (Å²) >= 11 is 0. The summed E-state index contributed by atoms with van der Waals surface area (Å²) in [7, 11) is 1.49. The molecule has 3 N–H and O–H groups in total. The molecule has 0 saturated heterocycles. The second-order valence-electron chi connectivity index (χ2n) is 7.94. The van der Waals surface area contributed by atoms with Gasteiger partial charge in [-0.05, 0) is 48.9 Å². The molecule has 0 aliphatic rings. The van der Waals surface area contributed by atoms with Crippen LogP contribution in [-0.2, 0) is 16.1 Å². The molecule has 0 spiro atoms. The highest BCUT2D eigenvalue weighted by atomic mass is 16.5. The quantitative estimate of drug-likeness (QED) is 0.339. The lowest BCUT2D eigenvalue weighted by Crippen LogP contribution is -2.29. The Morgan fingerprint density at radius 1 is 0.917 bits per heavy atom. The number of oxazole rings is 1. The van der Waals surface area contributed by atoms with Crippen molar-refractivity contribution in [2.75, 3.05) is 17.7 Å². The zero-order valence-electron chi connectivity index (χ0n) is 19.7. The van der Waals surface area contributed by atoms with Crippen LogP contribution in [0.4, 0.5) is 11.4 Å². The number of anilines is 2. The molecule has 182 valence electrons. The molecule has 4 rings (SSSR count). The molecule has 0 radical (unpaired) electrons. The van der Waals surface area contributed by atoms with Gasteiger partial charge in [0.15, 0.2) is 12.2 Å². The molecular weight excluding hydrogens is 460 g/mol. The van der Waals surface area contributed by atoms with Crippen LogP contribution in [0.25, 0.3) is 11.3 Å². The van der Waals surface area contributed by atoms with Gasteiger partial charge >= 0.3 is 11.8 Å². The van der Waals surface area contributed by atoms with Crippen LogP contribution in [0.15, 0.2) is 83.7 Å². The maximum absolute atomic E-state index is 12.5. The molecule has 0 unspecified atom stereocenters. The Kier molecular flexibility index (Phi) is 7.40. The third-order valence-electron chi connectivity index (χ3n) is 5.32. The van der Waals surface area contributed by atoms with Crippen molar-refractivity contribution < 1.29 is 23.5 Å². The topological polar surface area (TPSA) is 123 Å². The van der Waals surface area contributed by atoms with E-state index in [0.29, 0.717) is 34.0 Å². The second-order valence-corrected chi connectivity index (χ2v) is 7.94. The summed E-state index contributed by atoms with van der Waals surface area (Å²) in [5, 5.41) is 7.97. The summed E-state index contributed by atoms with van der Waals surface area (Å²) in [4.78, 5) is 41.2. The van der Waals surface area contributed by atoms with Gasteiger partial charge < -0.3 is 25.1 Å². The summed E-state index contributed by atoms with van der Waals surface area (Å²) < 4.78 is 10.7. The fourth-order valence-electron chi connectivity index (χ4n) is 3.45. The summed E-state index contributed by atoms with van der Waals surface area (Å²) in [6.07, 6.45) is 2.85. The van der Waals surface area contributed by atoms with Crippen LogP contribution in [0.5, 0.6) is 5.75 Å². The Morgan fingerprint density at radius 2 is 1.64 bits per heavy atom. The lowest BCUT2D eigenvalue weighted by atomic mass is 10.1. The average molecular weight is 485 g/mol. The number of rotatable bonds is 7. The number of carbonyl (C=O) groups excluding carboxylic acids is 3. The van der Waals surface area contributed by atoms with Crippen LogP contribution < -0.4 is 20.7 Å². The third-order valence-corrected chi connectivity index (χ3v) is 5.32. The molecule has 9 nitrogen and oxygen atoms in total. The first kappa shape index (κ1) is 24.2. The predicted molar refractivity (Wildman–Crippen MR) is 135 cm³/mol. The zero-order chi connectivity index (χ0) is 25.5. The van der Waals surface area contributed by atoms with Gasteiger partial charge in [0.2, 0.25) is 0 Å². The molecule has 0 bridgehead atoms. The number of ether oxygens (including phenoxy) is 1. The number of amides is 3. The van der Waals surface area contributed by atoms with E-state index < -0.39 is 11.8 Å². The highest BCUT2D eigenvalue weighted by molar-refractivity contribution is 6.43. The second kappa shape index (κ2) is 11.0. The van der Waals surface area contributed by atoms with Gasteiger partial charge in [-0.15, -0.1) is 0 Å². The number of aromatic nitrogens is 1. The summed E-state index contributed by atoms with van der Waals surface area (Å²) in [5.41, 5.74) is 3.86. The highest BCUT2D eigenvalue weighted by Gasteiger charge is 2.16. The van der Waals surface area contributed by atoms with Crippen LogP contribution in [0.3, 0.4) is 0 Å². The molecule has 0 aliphatic heterocycles. The molecule has 9 heteroatoms. The Labute approximate surface area is 207 Å². The summed E-state index contributed by atoms with van der Waals surface area (Å²) in [6, 6.07) is 19.1. The maximum atomic E-state index is 12.5. The summed E-state index contributed by atoms with van der Waals surface area (Å²) in [6.45, 7) is 2.22. The van der Waals surface area contributed by atoms with Gasteiger partial charge in [0.25, 0.3) is 5.91 Å².